The van der Waals surface area contributed by atoms with Gasteiger partial charge in [0.25, 0.3) is 5.91 Å². The lowest BCUT2D eigenvalue weighted by Crippen LogP contribution is -2.21. The van der Waals surface area contributed by atoms with Gasteiger partial charge in [0, 0.05) is 4.90 Å². The summed E-state index contributed by atoms with van der Waals surface area (Å²) in [6.07, 6.45) is 1.93. The summed E-state index contributed by atoms with van der Waals surface area (Å²) in [5.41, 5.74) is 0.998. The first-order valence-corrected chi connectivity index (χ1v) is 8.70. The van der Waals surface area contributed by atoms with E-state index in [0.29, 0.717) is 23.6 Å². The summed E-state index contributed by atoms with van der Waals surface area (Å²) in [5.74, 6) is -0.538. The standard InChI is InChI=1S/C18H19NO4S/c1-3-22-15-10-6-4-8-13(15)18(21)23-12-17(20)19-14-9-5-7-11-16(14)24-2/h4-11H,3,12H2,1-2H3,(H,19,20). The van der Waals surface area contributed by atoms with Crippen LogP contribution >= 0.6 is 11.8 Å². The van der Waals surface area contributed by atoms with Crippen LogP contribution in [0.25, 0.3) is 0 Å². The number of ether oxygens (including phenoxy) is 2. The van der Waals surface area contributed by atoms with E-state index in [9.17, 15) is 9.59 Å². The molecule has 0 radical (unpaired) electrons. The molecule has 6 heteroatoms. The van der Waals surface area contributed by atoms with E-state index in [1.807, 2.05) is 31.4 Å². The van der Waals surface area contributed by atoms with E-state index in [0.717, 1.165) is 4.90 Å². The number of thioether (sulfide) groups is 1. The van der Waals surface area contributed by atoms with Crippen molar-refractivity contribution < 1.29 is 19.1 Å². The topological polar surface area (TPSA) is 64.6 Å². The van der Waals surface area contributed by atoms with Crippen LogP contribution in [0.5, 0.6) is 5.75 Å². The molecule has 5 nitrogen and oxygen atoms in total. The second-order valence-corrected chi connectivity index (χ2v) is 5.60. The quantitative estimate of drug-likeness (QED) is 0.613. The molecule has 2 aromatic carbocycles. The van der Waals surface area contributed by atoms with Gasteiger partial charge in [-0.1, -0.05) is 24.3 Å². The molecular formula is C18H19NO4S. The molecule has 0 unspecified atom stereocenters. The maximum absolute atomic E-state index is 12.1. The number of hydrogen-bond acceptors (Lipinski definition) is 5. The van der Waals surface area contributed by atoms with Crippen molar-refractivity contribution in [3.8, 4) is 5.75 Å². The molecule has 0 heterocycles. The Morgan fingerprint density at radius 2 is 1.79 bits per heavy atom. The number of rotatable bonds is 7. The van der Waals surface area contributed by atoms with Crippen LogP contribution in [0.2, 0.25) is 0 Å². The smallest absolute Gasteiger partial charge is 0.342 e. The van der Waals surface area contributed by atoms with E-state index in [1.54, 1.807) is 30.3 Å². The van der Waals surface area contributed by atoms with Crippen LogP contribution in [0, 0.1) is 0 Å². The molecule has 126 valence electrons. The van der Waals surface area contributed by atoms with Crippen LogP contribution in [-0.4, -0.2) is 31.3 Å². The predicted octanol–water partition coefficient (Wildman–Crippen LogP) is 3.60. The van der Waals surface area contributed by atoms with Gasteiger partial charge in [-0.15, -0.1) is 11.8 Å². The highest BCUT2D eigenvalue weighted by Gasteiger charge is 2.15. The van der Waals surface area contributed by atoms with Gasteiger partial charge in [-0.25, -0.2) is 4.79 Å². The van der Waals surface area contributed by atoms with Crippen molar-refractivity contribution in [2.75, 3.05) is 24.8 Å². The molecule has 0 aliphatic heterocycles. The summed E-state index contributed by atoms with van der Waals surface area (Å²) >= 11 is 1.53. The average molecular weight is 345 g/mol. The van der Waals surface area contributed by atoms with Crippen molar-refractivity contribution >= 4 is 29.3 Å². The first kappa shape index (κ1) is 17.9. The van der Waals surface area contributed by atoms with Crippen molar-refractivity contribution in [1.29, 1.82) is 0 Å². The van der Waals surface area contributed by atoms with Gasteiger partial charge in [0.05, 0.1) is 12.3 Å². The van der Waals surface area contributed by atoms with E-state index >= 15 is 0 Å². The zero-order valence-electron chi connectivity index (χ0n) is 13.6. The highest BCUT2D eigenvalue weighted by molar-refractivity contribution is 7.98. The molecule has 24 heavy (non-hydrogen) atoms. The Morgan fingerprint density at radius 1 is 1.08 bits per heavy atom. The normalized spacial score (nSPS) is 10.1. The third kappa shape index (κ3) is 4.76. The summed E-state index contributed by atoms with van der Waals surface area (Å²) in [7, 11) is 0. The van der Waals surface area contributed by atoms with Gasteiger partial charge >= 0.3 is 5.97 Å². The molecule has 0 saturated carbocycles. The van der Waals surface area contributed by atoms with Gasteiger partial charge in [-0.05, 0) is 37.4 Å². The first-order chi connectivity index (χ1) is 11.7. The van der Waals surface area contributed by atoms with Gasteiger partial charge < -0.3 is 14.8 Å². The summed E-state index contributed by atoms with van der Waals surface area (Å²) in [4.78, 5) is 25.1. The maximum Gasteiger partial charge on any atom is 0.342 e. The maximum atomic E-state index is 12.1. The number of hydrogen-bond donors (Lipinski definition) is 1. The monoisotopic (exact) mass is 345 g/mol. The lowest BCUT2D eigenvalue weighted by molar-refractivity contribution is -0.119. The van der Waals surface area contributed by atoms with Crippen LogP contribution in [0.3, 0.4) is 0 Å². The molecule has 0 spiro atoms. The molecular weight excluding hydrogens is 326 g/mol. The molecule has 0 bridgehead atoms. The molecule has 0 fully saturated rings. The number of anilines is 1. The molecule has 0 atom stereocenters. The molecule has 2 rings (SSSR count). The SMILES string of the molecule is CCOc1ccccc1C(=O)OCC(=O)Nc1ccccc1SC. The van der Waals surface area contributed by atoms with Crippen molar-refractivity contribution in [2.45, 2.75) is 11.8 Å². The summed E-state index contributed by atoms with van der Waals surface area (Å²) in [5, 5.41) is 2.74. The predicted molar refractivity (Wildman–Crippen MR) is 94.7 cm³/mol. The van der Waals surface area contributed by atoms with Gasteiger partial charge in [0.2, 0.25) is 0 Å². The first-order valence-electron chi connectivity index (χ1n) is 7.47. The minimum Gasteiger partial charge on any atom is -0.493 e. The van der Waals surface area contributed by atoms with E-state index in [2.05, 4.69) is 5.32 Å². The van der Waals surface area contributed by atoms with Gasteiger partial charge in [0.15, 0.2) is 6.61 Å². The number of amides is 1. The zero-order valence-corrected chi connectivity index (χ0v) is 14.4. The van der Waals surface area contributed by atoms with Gasteiger partial charge in [0.1, 0.15) is 11.3 Å². The minimum absolute atomic E-state index is 0.302. The minimum atomic E-state index is -0.590. The molecule has 1 amide bonds. The lowest BCUT2D eigenvalue weighted by Gasteiger charge is -2.11. The number of carbonyl (C=O) groups excluding carboxylic acids is 2. The van der Waals surface area contributed by atoms with Gasteiger partial charge in [-0.3, -0.25) is 4.79 Å². The number of benzene rings is 2. The van der Waals surface area contributed by atoms with E-state index in [1.165, 1.54) is 11.8 Å². The molecule has 0 aliphatic rings. The molecule has 0 aliphatic carbocycles. The number of carbonyl (C=O) groups is 2. The second-order valence-electron chi connectivity index (χ2n) is 4.75. The van der Waals surface area contributed by atoms with E-state index in [-0.39, 0.29) is 6.61 Å². The number of esters is 1. The summed E-state index contributed by atoms with van der Waals surface area (Å²) in [6.45, 7) is 1.91. The number of para-hydroxylation sites is 2. The Labute approximate surface area is 145 Å². The van der Waals surface area contributed by atoms with Crippen LogP contribution < -0.4 is 10.1 Å². The van der Waals surface area contributed by atoms with Crippen molar-refractivity contribution in [2.24, 2.45) is 0 Å². The van der Waals surface area contributed by atoms with Crippen molar-refractivity contribution in [1.82, 2.24) is 0 Å². The van der Waals surface area contributed by atoms with Crippen LogP contribution in [0.15, 0.2) is 53.4 Å². The Bertz CT molecular complexity index is 718. The molecule has 1 N–H and O–H groups in total. The van der Waals surface area contributed by atoms with Gasteiger partial charge in [-0.2, -0.15) is 0 Å². The Kier molecular flexibility index (Phi) is 6.69. The number of nitrogens with one attached hydrogen (secondary N) is 1. The third-order valence-electron chi connectivity index (χ3n) is 3.12. The van der Waals surface area contributed by atoms with Crippen LogP contribution in [0.1, 0.15) is 17.3 Å². The van der Waals surface area contributed by atoms with Crippen molar-refractivity contribution in [3.05, 3.63) is 54.1 Å². The fourth-order valence-electron chi connectivity index (χ4n) is 2.06. The van der Waals surface area contributed by atoms with Crippen LogP contribution in [0.4, 0.5) is 5.69 Å². The Morgan fingerprint density at radius 3 is 2.54 bits per heavy atom. The summed E-state index contributed by atoms with van der Waals surface area (Å²) in [6, 6.07) is 14.2. The van der Waals surface area contributed by atoms with E-state index in [4.69, 9.17) is 9.47 Å². The van der Waals surface area contributed by atoms with E-state index < -0.39 is 11.9 Å². The average Bonchev–Trinajstić information content (AvgIpc) is 2.61. The largest absolute Gasteiger partial charge is 0.493 e. The molecule has 2 aromatic rings. The zero-order chi connectivity index (χ0) is 17.4. The highest BCUT2D eigenvalue weighted by atomic mass is 32.2. The Balaban J connectivity index is 1.95. The fourth-order valence-corrected chi connectivity index (χ4v) is 2.61. The highest BCUT2D eigenvalue weighted by Crippen LogP contribution is 2.24. The lowest BCUT2D eigenvalue weighted by atomic mass is 10.2. The van der Waals surface area contributed by atoms with Crippen LogP contribution in [-0.2, 0) is 9.53 Å². The third-order valence-corrected chi connectivity index (χ3v) is 3.92. The Hall–Kier alpha value is -2.47. The summed E-state index contributed by atoms with van der Waals surface area (Å²) < 4.78 is 10.5. The molecule has 0 saturated heterocycles. The van der Waals surface area contributed by atoms with Crippen molar-refractivity contribution in [3.63, 3.8) is 0 Å². The second kappa shape index (κ2) is 8.98. The fraction of sp³-hybridized carbons (Fsp3) is 0.222. The molecule has 0 aromatic heterocycles.